The van der Waals surface area contributed by atoms with Gasteiger partial charge < -0.3 is 18.8 Å². The van der Waals surface area contributed by atoms with Crippen LogP contribution in [0.1, 0.15) is 24.8 Å². The first-order chi connectivity index (χ1) is 19.0. The van der Waals surface area contributed by atoms with Gasteiger partial charge in [0.2, 0.25) is 0 Å². The number of nitrogens with zero attached hydrogens (tertiary/aromatic N) is 2. The number of ether oxygens (including phenoxy) is 2. The van der Waals surface area contributed by atoms with E-state index in [-0.39, 0.29) is 5.43 Å². The van der Waals surface area contributed by atoms with Crippen molar-refractivity contribution >= 4 is 26.9 Å². The third-order valence-corrected chi connectivity index (χ3v) is 8.10. The minimum absolute atomic E-state index is 0.0579. The van der Waals surface area contributed by atoms with Gasteiger partial charge in [0, 0.05) is 29.7 Å². The topological polar surface area (TPSA) is 55.2 Å². The number of benzene rings is 3. The molecule has 0 aliphatic carbocycles. The van der Waals surface area contributed by atoms with Crippen LogP contribution < -0.4 is 14.9 Å². The van der Waals surface area contributed by atoms with Gasteiger partial charge >= 0.3 is 0 Å². The molecule has 0 bridgehead atoms. The van der Waals surface area contributed by atoms with Crippen LogP contribution in [0.25, 0.3) is 22.1 Å². The number of piperidine rings is 1. The summed E-state index contributed by atoms with van der Waals surface area (Å²) < 4.78 is 18.2. The summed E-state index contributed by atoms with van der Waals surface area (Å²) in [7, 11) is 3.84. The van der Waals surface area contributed by atoms with Crippen molar-refractivity contribution < 1.29 is 13.9 Å². The molecule has 7 heteroatoms. The van der Waals surface area contributed by atoms with Crippen molar-refractivity contribution in [2.45, 2.75) is 31.8 Å². The van der Waals surface area contributed by atoms with E-state index >= 15 is 0 Å². The first-order valence-electron chi connectivity index (χ1n) is 13.5. The van der Waals surface area contributed by atoms with Crippen LogP contribution in [-0.4, -0.2) is 56.2 Å². The molecule has 0 unspecified atom stereocenters. The standard InChI is InChI=1S/C32H35BrN2O4/c1-34(26-14-17-35(18-15-26)21-23-4-8-25(33)9-5-23)16-3-19-38-28-12-13-29-31(20-28)39-22-30(32(29)36)24-6-10-27(37-2)11-7-24/h4-13,20,22,26H,3,14-19,21H2,1-2H3. The Hall–Kier alpha value is -3.13. The fourth-order valence-electron chi connectivity index (χ4n) is 5.22. The monoisotopic (exact) mass is 590 g/mol. The van der Waals surface area contributed by atoms with Crippen LogP contribution >= 0.6 is 15.9 Å². The Labute approximate surface area is 238 Å². The normalized spacial score (nSPS) is 14.7. The highest BCUT2D eigenvalue weighted by molar-refractivity contribution is 9.10. The zero-order chi connectivity index (χ0) is 27.2. The first-order valence-corrected chi connectivity index (χ1v) is 14.3. The minimum atomic E-state index is -0.0579. The molecule has 5 rings (SSSR count). The van der Waals surface area contributed by atoms with Crippen molar-refractivity contribution in [2.75, 3.05) is 40.4 Å². The van der Waals surface area contributed by atoms with Crippen molar-refractivity contribution in [2.24, 2.45) is 0 Å². The number of methoxy groups -OCH3 is 1. The molecule has 0 radical (unpaired) electrons. The van der Waals surface area contributed by atoms with Gasteiger partial charge in [-0.1, -0.05) is 40.2 Å². The zero-order valence-corrected chi connectivity index (χ0v) is 24.2. The van der Waals surface area contributed by atoms with Gasteiger partial charge in [-0.3, -0.25) is 9.69 Å². The van der Waals surface area contributed by atoms with E-state index in [1.807, 2.05) is 30.3 Å². The number of hydrogen-bond donors (Lipinski definition) is 0. The van der Waals surface area contributed by atoms with Crippen LogP contribution in [0.2, 0.25) is 0 Å². The van der Waals surface area contributed by atoms with Gasteiger partial charge in [-0.15, -0.1) is 0 Å². The smallest absolute Gasteiger partial charge is 0.200 e. The van der Waals surface area contributed by atoms with E-state index in [2.05, 4.69) is 57.0 Å². The fraction of sp³-hybridized carbons (Fsp3) is 0.344. The van der Waals surface area contributed by atoms with Gasteiger partial charge in [-0.05, 0) is 86.9 Å². The number of rotatable bonds is 10. The van der Waals surface area contributed by atoms with Gasteiger partial charge in [0.05, 0.1) is 24.7 Å². The highest BCUT2D eigenvalue weighted by Gasteiger charge is 2.22. The summed E-state index contributed by atoms with van der Waals surface area (Å²) in [5, 5.41) is 0.543. The number of halogens is 1. The second kappa shape index (κ2) is 12.8. The van der Waals surface area contributed by atoms with Gasteiger partial charge in [-0.25, -0.2) is 0 Å². The third-order valence-electron chi connectivity index (χ3n) is 7.57. The molecule has 0 saturated carbocycles. The number of hydrogen-bond acceptors (Lipinski definition) is 6. The van der Waals surface area contributed by atoms with E-state index in [1.54, 1.807) is 19.2 Å². The summed E-state index contributed by atoms with van der Waals surface area (Å²) >= 11 is 3.51. The van der Waals surface area contributed by atoms with E-state index in [4.69, 9.17) is 13.9 Å². The lowest BCUT2D eigenvalue weighted by Gasteiger charge is -2.36. The maximum atomic E-state index is 13.1. The predicted molar refractivity (Wildman–Crippen MR) is 160 cm³/mol. The molecule has 204 valence electrons. The van der Waals surface area contributed by atoms with Crippen LogP contribution in [0, 0.1) is 0 Å². The Kier molecular flexibility index (Phi) is 9.02. The molecule has 1 aromatic heterocycles. The molecular formula is C32H35BrN2O4. The quantitative estimate of drug-likeness (QED) is 0.194. The van der Waals surface area contributed by atoms with E-state index in [9.17, 15) is 4.79 Å². The third kappa shape index (κ3) is 6.90. The van der Waals surface area contributed by atoms with Gasteiger partial charge in [0.15, 0.2) is 5.43 Å². The van der Waals surface area contributed by atoms with Crippen molar-refractivity contribution in [1.29, 1.82) is 0 Å². The van der Waals surface area contributed by atoms with Crippen LogP contribution in [-0.2, 0) is 6.54 Å². The molecule has 0 atom stereocenters. The molecule has 39 heavy (non-hydrogen) atoms. The lowest BCUT2D eigenvalue weighted by Crippen LogP contribution is -2.43. The maximum absolute atomic E-state index is 13.1. The summed E-state index contributed by atoms with van der Waals surface area (Å²) in [6.07, 6.45) is 4.84. The number of fused-ring (bicyclic) bond motifs is 1. The lowest BCUT2D eigenvalue weighted by atomic mass is 10.0. The van der Waals surface area contributed by atoms with E-state index in [0.717, 1.165) is 48.4 Å². The summed E-state index contributed by atoms with van der Waals surface area (Å²) in [5.74, 6) is 1.46. The lowest BCUT2D eigenvalue weighted by molar-refractivity contribution is 0.118. The summed E-state index contributed by atoms with van der Waals surface area (Å²) in [6, 6.07) is 22.1. The molecule has 0 spiro atoms. The molecule has 1 saturated heterocycles. The Morgan fingerprint density at radius 1 is 1.00 bits per heavy atom. The molecule has 2 heterocycles. The zero-order valence-electron chi connectivity index (χ0n) is 22.6. The van der Waals surface area contributed by atoms with Gasteiger partial charge in [0.25, 0.3) is 0 Å². The predicted octanol–water partition coefficient (Wildman–Crippen LogP) is 6.60. The molecule has 0 amide bonds. The van der Waals surface area contributed by atoms with Crippen molar-refractivity contribution in [1.82, 2.24) is 9.80 Å². The molecule has 3 aromatic carbocycles. The average Bonchev–Trinajstić information content (AvgIpc) is 2.97. The molecule has 1 aliphatic rings. The first kappa shape index (κ1) is 27.4. The van der Waals surface area contributed by atoms with Crippen molar-refractivity contribution in [3.63, 3.8) is 0 Å². The molecule has 1 fully saturated rings. The Balaban J connectivity index is 1.08. The molecular weight excluding hydrogens is 556 g/mol. The summed E-state index contributed by atoms with van der Waals surface area (Å²) in [6.45, 7) is 4.89. The highest BCUT2D eigenvalue weighted by atomic mass is 79.9. The average molecular weight is 592 g/mol. The molecule has 1 aliphatic heterocycles. The SMILES string of the molecule is COc1ccc(-c2coc3cc(OCCCN(C)C4CCN(Cc5ccc(Br)cc5)CC4)ccc3c2=O)cc1. The number of likely N-dealkylation sites (tertiary alicyclic amines) is 1. The van der Waals surface area contributed by atoms with E-state index in [1.165, 1.54) is 24.7 Å². The Bertz CT molecular complexity index is 1430. The van der Waals surface area contributed by atoms with Crippen LogP contribution in [0.15, 0.2) is 86.7 Å². The van der Waals surface area contributed by atoms with Crippen LogP contribution in [0.4, 0.5) is 0 Å². The second-order valence-electron chi connectivity index (χ2n) is 10.2. The highest BCUT2D eigenvalue weighted by Crippen LogP contribution is 2.25. The van der Waals surface area contributed by atoms with Crippen molar-refractivity contribution in [3.8, 4) is 22.6 Å². The largest absolute Gasteiger partial charge is 0.497 e. The molecule has 4 aromatic rings. The van der Waals surface area contributed by atoms with E-state index < -0.39 is 0 Å². The Morgan fingerprint density at radius 2 is 1.72 bits per heavy atom. The maximum Gasteiger partial charge on any atom is 0.200 e. The molecule has 6 nitrogen and oxygen atoms in total. The van der Waals surface area contributed by atoms with Crippen LogP contribution in [0.3, 0.4) is 0 Å². The van der Waals surface area contributed by atoms with E-state index in [0.29, 0.717) is 34.9 Å². The summed E-state index contributed by atoms with van der Waals surface area (Å²) in [5.41, 5.74) is 3.17. The fourth-order valence-corrected chi connectivity index (χ4v) is 5.49. The van der Waals surface area contributed by atoms with Gasteiger partial charge in [-0.2, -0.15) is 0 Å². The minimum Gasteiger partial charge on any atom is -0.497 e. The van der Waals surface area contributed by atoms with Gasteiger partial charge in [0.1, 0.15) is 23.3 Å². The Morgan fingerprint density at radius 3 is 2.44 bits per heavy atom. The second-order valence-corrected chi connectivity index (χ2v) is 11.1. The molecule has 0 N–H and O–H groups in total. The summed E-state index contributed by atoms with van der Waals surface area (Å²) in [4.78, 5) is 18.1. The van der Waals surface area contributed by atoms with Crippen LogP contribution in [0.5, 0.6) is 11.5 Å². The van der Waals surface area contributed by atoms with Crippen molar-refractivity contribution in [3.05, 3.63) is 93.3 Å².